The Hall–Kier alpha value is -1.86. The molecule has 0 bridgehead atoms. The van der Waals surface area contributed by atoms with Crippen LogP contribution in [0.5, 0.6) is 5.75 Å². The second-order valence-corrected chi connectivity index (χ2v) is 9.65. The first-order valence-electron chi connectivity index (χ1n) is 10.5. The fourth-order valence-electron chi connectivity index (χ4n) is 4.91. The number of piperazine rings is 1. The molecule has 0 aliphatic carbocycles. The molecule has 0 spiro atoms. The highest BCUT2D eigenvalue weighted by molar-refractivity contribution is 5.78. The smallest absolute Gasteiger partial charge is 0.234 e. The number of nitrogens with one attached hydrogen (secondary N) is 2. The number of rotatable bonds is 5. The van der Waals surface area contributed by atoms with Crippen LogP contribution in [-0.2, 0) is 4.79 Å². The van der Waals surface area contributed by atoms with Crippen molar-refractivity contribution in [2.24, 2.45) is 0 Å². The van der Waals surface area contributed by atoms with Gasteiger partial charge in [0.1, 0.15) is 0 Å². The van der Waals surface area contributed by atoms with Gasteiger partial charge in [-0.05, 0) is 52.7 Å². The maximum atomic E-state index is 13.6. The minimum absolute atomic E-state index is 0.0154. The Balaban J connectivity index is 1.49. The second kappa shape index (κ2) is 8.48. The summed E-state index contributed by atoms with van der Waals surface area (Å²) in [6.07, 6.45) is 1.87. The Bertz CT molecular complexity index is 714. The fraction of sp³-hybridized carbons (Fsp3) is 0.682. The van der Waals surface area contributed by atoms with Crippen molar-refractivity contribution in [3.63, 3.8) is 0 Å². The summed E-state index contributed by atoms with van der Waals surface area (Å²) in [6.45, 7) is 12.4. The first-order chi connectivity index (χ1) is 13.6. The van der Waals surface area contributed by atoms with Crippen molar-refractivity contribution < 1.29 is 13.9 Å². The molecule has 6 nitrogen and oxygen atoms in total. The minimum atomic E-state index is -0.351. The monoisotopic (exact) mass is 406 g/mol. The molecule has 0 saturated carbocycles. The van der Waals surface area contributed by atoms with Crippen LogP contribution in [0.1, 0.15) is 40.5 Å². The van der Waals surface area contributed by atoms with Crippen molar-refractivity contribution in [3.8, 4) is 5.75 Å². The summed E-state index contributed by atoms with van der Waals surface area (Å²) >= 11 is 0. The molecule has 0 radical (unpaired) electrons. The van der Waals surface area contributed by atoms with Crippen LogP contribution in [0.2, 0.25) is 0 Å². The maximum absolute atomic E-state index is 13.6. The summed E-state index contributed by atoms with van der Waals surface area (Å²) in [5, 5.41) is 6.90. The molecule has 162 valence electrons. The minimum Gasteiger partial charge on any atom is -0.494 e. The van der Waals surface area contributed by atoms with Crippen molar-refractivity contribution in [1.29, 1.82) is 0 Å². The molecule has 2 saturated heterocycles. The zero-order valence-corrected chi connectivity index (χ0v) is 18.3. The summed E-state index contributed by atoms with van der Waals surface area (Å²) in [4.78, 5) is 17.0. The zero-order chi connectivity index (χ0) is 21.2. The lowest BCUT2D eigenvalue weighted by Gasteiger charge is -2.46. The highest BCUT2D eigenvalue weighted by atomic mass is 19.1. The molecule has 0 aromatic heterocycles. The van der Waals surface area contributed by atoms with Gasteiger partial charge in [-0.2, -0.15) is 0 Å². The van der Waals surface area contributed by atoms with E-state index >= 15 is 0 Å². The van der Waals surface area contributed by atoms with E-state index in [0.29, 0.717) is 6.54 Å². The Morgan fingerprint density at radius 2 is 1.79 bits per heavy atom. The lowest BCUT2D eigenvalue weighted by molar-refractivity contribution is -0.123. The number of anilines is 1. The molecule has 7 heteroatoms. The number of nitrogens with zero attached hydrogens (tertiary/aromatic N) is 2. The lowest BCUT2D eigenvalue weighted by atomic mass is 9.79. The zero-order valence-electron chi connectivity index (χ0n) is 18.3. The third-order valence-electron chi connectivity index (χ3n) is 5.79. The van der Waals surface area contributed by atoms with Gasteiger partial charge >= 0.3 is 0 Å². The highest BCUT2D eigenvalue weighted by Crippen LogP contribution is 2.28. The van der Waals surface area contributed by atoms with Gasteiger partial charge in [0.25, 0.3) is 0 Å². The summed E-state index contributed by atoms with van der Waals surface area (Å²) in [6, 6.07) is 5.15. The molecule has 2 aliphatic rings. The largest absolute Gasteiger partial charge is 0.494 e. The van der Waals surface area contributed by atoms with E-state index < -0.39 is 0 Å². The average Bonchev–Trinajstić information content (AvgIpc) is 2.60. The first kappa shape index (κ1) is 21.8. The van der Waals surface area contributed by atoms with Crippen molar-refractivity contribution in [3.05, 3.63) is 24.0 Å². The molecule has 2 heterocycles. The number of carbonyl (C=O) groups excluding carboxylic acids is 1. The van der Waals surface area contributed by atoms with Gasteiger partial charge in [-0.1, -0.05) is 0 Å². The molecular formula is C22H35FN4O2. The molecule has 2 aliphatic heterocycles. The lowest BCUT2D eigenvalue weighted by Crippen LogP contribution is -2.62. The van der Waals surface area contributed by atoms with Crippen LogP contribution in [0.3, 0.4) is 0 Å². The summed E-state index contributed by atoms with van der Waals surface area (Å²) in [7, 11) is 1.48. The van der Waals surface area contributed by atoms with Crippen LogP contribution in [0.25, 0.3) is 0 Å². The number of carbonyl (C=O) groups is 1. The standard InChI is InChI=1S/C22H35FN4O2/c1-21(2)13-16(14-22(3,4)25-21)24-20(28)15-26-8-10-27(11-9-26)17-6-7-18(23)19(12-17)29-5/h6-7,12,16,25H,8-11,13-15H2,1-5H3,(H,24,28). The third-order valence-corrected chi connectivity index (χ3v) is 5.79. The van der Waals surface area contributed by atoms with E-state index in [1.807, 2.05) is 0 Å². The van der Waals surface area contributed by atoms with E-state index in [-0.39, 0.29) is 34.6 Å². The quantitative estimate of drug-likeness (QED) is 0.786. The molecule has 0 unspecified atom stereocenters. The number of piperidine rings is 1. The number of benzene rings is 1. The average molecular weight is 407 g/mol. The van der Waals surface area contributed by atoms with Crippen molar-refractivity contribution >= 4 is 11.6 Å². The summed E-state index contributed by atoms with van der Waals surface area (Å²) in [5.74, 6) is 0.00773. The van der Waals surface area contributed by atoms with Gasteiger partial charge < -0.3 is 20.3 Å². The molecular weight excluding hydrogens is 371 g/mol. The number of methoxy groups -OCH3 is 1. The number of hydrogen-bond acceptors (Lipinski definition) is 5. The fourth-order valence-corrected chi connectivity index (χ4v) is 4.91. The summed E-state index contributed by atoms with van der Waals surface area (Å²) in [5.41, 5.74) is 0.981. The van der Waals surface area contributed by atoms with Gasteiger partial charge in [-0.3, -0.25) is 9.69 Å². The van der Waals surface area contributed by atoms with E-state index in [4.69, 9.17) is 4.74 Å². The van der Waals surface area contributed by atoms with Crippen LogP contribution in [-0.4, -0.2) is 67.8 Å². The predicted molar refractivity (Wildman–Crippen MR) is 114 cm³/mol. The Morgan fingerprint density at radius 3 is 2.38 bits per heavy atom. The van der Waals surface area contributed by atoms with Gasteiger partial charge in [0, 0.05) is 55.1 Å². The van der Waals surface area contributed by atoms with Crippen LogP contribution < -0.4 is 20.3 Å². The van der Waals surface area contributed by atoms with Gasteiger partial charge in [-0.25, -0.2) is 4.39 Å². The molecule has 29 heavy (non-hydrogen) atoms. The molecule has 2 fully saturated rings. The normalized spacial score (nSPS) is 22.3. The van der Waals surface area contributed by atoms with Crippen molar-refractivity contribution in [2.45, 2.75) is 57.7 Å². The van der Waals surface area contributed by atoms with Crippen molar-refractivity contribution in [2.75, 3.05) is 44.7 Å². The van der Waals surface area contributed by atoms with E-state index in [9.17, 15) is 9.18 Å². The predicted octanol–water partition coefficient (Wildman–Crippen LogP) is 2.38. The van der Waals surface area contributed by atoms with Crippen LogP contribution in [0.15, 0.2) is 18.2 Å². The van der Waals surface area contributed by atoms with E-state index in [2.05, 4.69) is 48.1 Å². The number of amides is 1. The molecule has 1 aromatic rings. The van der Waals surface area contributed by atoms with E-state index in [0.717, 1.165) is 44.7 Å². The SMILES string of the molecule is COc1cc(N2CCN(CC(=O)NC3CC(C)(C)NC(C)(C)C3)CC2)ccc1F. The Morgan fingerprint density at radius 1 is 1.17 bits per heavy atom. The van der Waals surface area contributed by atoms with Gasteiger partial charge in [-0.15, -0.1) is 0 Å². The van der Waals surface area contributed by atoms with Gasteiger partial charge in [0.2, 0.25) is 5.91 Å². The highest BCUT2D eigenvalue weighted by Gasteiger charge is 2.38. The summed E-state index contributed by atoms with van der Waals surface area (Å²) < 4.78 is 18.7. The van der Waals surface area contributed by atoms with Crippen molar-refractivity contribution in [1.82, 2.24) is 15.5 Å². The molecule has 0 atom stereocenters. The number of ether oxygens (including phenoxy) is 1. The first-order valence-corrected chi connectivity index (χ1v) is 10.5. The Labute approximate surface area is 173 Å². The van der Waals surface area contributed by atoms with Crippen LogP contribution in [0.4, 0.5) is 10.1 Å². The Kier molecular flexibility index (Phi) is 6.39. The number of halogens is 1. The van der Waals surface area contributed by atoms with E-state index in [1.165, 1.54) is 13.2 Å². The van der Waals surface area contributed by atoms with E-state index in [1.54, 1.807) is 12.1 Å². The molecule has 1 aromatic carbocycles. The molecule has 1 amide bonds. The molecule has 2 N–H and O–H groups in total. The second-order valence-electron chi connectivity index (χ2n) is 9.65. The number of hydrogen-bond donors (Lipinski definition) is 2. The van der Waals surface area contributed by atoms with Gasteiger partial charge in [0.05, 0.1) is 13.7 Å². The van der Waals surface area contributed by atoms with Crippen LogP contribution in [0, 0.1) is 5.82 Å². The maximum Gasteiger partial charge on any atom is 0.234 e. The topological polar surface area (TPSA) is 56.8 Å². The van der Waals surface area contributed by atoms with Crippen LogP contribution >= 0.6 is 0 Å². The third kappa shape index (κ3) is 5.82. The molecule has 3 rings (SSSR count). The van der Waals surface area contributed by atoms with Gasteiger partial charge in [0.15, 0.2) is 11.6 Å².